The van der Waals surface area contributed by atoms with Crippen molar-refractivity contribution in [2.24, 2.45) is 0 Å². The highest BCUT2D eigenvalue weighted by atomic mass is 16.6. The molecule has 3 aromatic heterocycles. The van der Waals surface area contributed by atoms with Crippen molar-refractivity contribution in [2.45, 2.75) is 91.1 Å². The second-order valence-electron chi connectivity index (χ2n) is 13.9. The highest BCUT2D eigenvalue weighted by molar-refractivity contribution is 5.91. The Hall–Kier alpha value is -4.99. The van der Waals surface area contributed by atoms with E-state index in [1.165, 1.54) is 11.7 Å². The third-order valence-corrected chi connectivity index (χ3v) is 9.06. The average Bonchev–Trinajstić information content (AvgIpc) is 3.65. The maximum absolute atomic E-state index is 13.0. The minimum Gasteiger partial charge on any atom is -0.465 e. The number of esters is 1. The molecule has 4 aromatic rings. The zero-order valence-electron chi connectivity index (χ0n) is 29.4. The lowest BCUT2D eigenvalue weighted by Crippen LogP contribution is -2.42. The second kappa shape index (κ2) is 14.5. The molecule has 0 aliphatic carbocycles. The van der Waals surface area contributed by atoms with Gasteiger partial charge in [0.2, 0.25) is 0 Å². The van der Waals surface area contributed by atoms with Crippen molar-refractivity contribution in [3.8, 4) is 6.01 Å². The zero-order valence-corrected chi connectivity index (χ0v) is 29.4. The van der Waals surface area contributed by atoms with Crippen LogP contribution in [0.3, 0.4) is 0 Å². The topological polar surface area (TPSA) is 189 Å². The number of nitrogens with zero attached hydrogens (tertiary/aromatic N) is 8. The predicted molar refractivity (Wildman–Crippen MR) is 184 cm³/mol. The van der Waals surface area contributed by atoms with Crippen molar-refractivity contribution < 1.29 is 23.8 Å². The number of aromatic amines is 1. The third kappa shape index (κ3) is 7.59. The number of hydrogen-bond acceptors (Lipinski definition) is 12. The Morgan fingerprint density at radius 1 is 1.06 bits per heavy atom. The number of carbonyl (C=O) groups is 2. The molecule has 6 rings (SSSR count). The number of nitrogens with two attached hydrogens (primary N) is 1. The average molecular weight is 691 g/mol. The molecular formula is C34H46N10O6. The largest absolute Gasteiger partial charge is 0.465 e. The number of carbonyl (C=O) groups excluding carboxylic acids is 2. The Morgan fingerprint density at radius 3 is 2.56 bits per heavy atom. The van der Waals surface area contributed by atoms with E-state index >= 15 is 0 Å². The third-order valence-electron chi connectivity index (χ3n) is 9.06. The number of H-pyrrole nitrogens is 1. The summed E-state index contributed by atoms with van der Waals surface area (Å²) in [5.74, 6) is 1.63. The van der Waals surface area contributed by atoms with Gasteiger partial charge < -0.3 is 29.5 Å². The van der Waals surface area contributed by atoms with Gasteiger partial charge in [-0.1, -0.05) is 25.5 Å². The summed E-state index contributed by atoms with van der Waals surface area (Å²) in [7, 11) is 1.34. The number of imidazole rings is 1. The number of nitrogens with one attached hydrogen (secondary N) is 1. The van der Waals surface area contributed by atoms with Crippen molar-refractivity contribution in [3.63, 3.8) is 0 Å². The molecule has 0 atom stereocenters. The number of unbranched alkanes of at least 4 members (excludes halogenated alkanes) is 1. The first kappa shape index (κ1) is 34.9. The van der Waals surface area contributed by atoms with Crippen molar-refractivity contribution in [3.05, 3.63) is 57.0 Å². The quantitative estimate of drug-likeness (QED) is 0.183. The summed E-state index contributed by atoms with van der Waals surface area (Å²) in [6, 6.07) is 5.76. The summed E-state index contributed by atoms with van der Waals surface area (Å²) in [4.78, 5) is 54.0. The molecule has 268 valence electrons. The summed E-state index contributed by atoms with van der Waals surface area (Å²) in [6.45, 7) is 12.0. The van der Waals surface area contributed by atoms with E-state index in [2.05, 4.69) is 41.5 Å². The Morgan fingerprint density at radius 2 is 1.84 bits per heavy atom. The number of anilines is 1. The highest BCUT2D eigenvalue weighted by Gasteiger charge is 2.32. The first-order valence-corrected chi connectivity index (χ1v) is 17.1. The number of fused-ring (bicyclic) bond motifs is 2. The van der Waals surface area contributed by atoms with Crippen molar-refractivity contribution in [2.75, 3.05) is 39.1 Å². The SMILES string of the molecule is CCCCOc1nc(N)c2[nH]c(=O)n(Cc3ccc(CN4CCC(c5nnc6n5CCN(C(=O)OC(C)(C)C)C6)CC4)cc3C(=O)OC)c2n1. The normalized spacial score (nSPS) is 15.7. The summed E-state index contributed by atoms with van der Waals surface area (Å²) in [5.41, 5.74) is 7.69. The Bertz CT molecular complexity index is 1920. The van der Waals surface area contributed by atoms with Crippen LogP contribution in [-0.2, 0) is 35.7 Å². The maximum atomic E-state index is 13.0. The van der Waals surface area contributed by atoms with Crippen LogP contribution in [0.25, 0.3) is 11.2 Å². The molecule has 1 fully saturated rings. The van der Waals surface area contributed by atoms with Crippen LogP contribution >= 0.6 is 0 Å². The number of likely N-dealkylation sites (tertiary alicyclic amines) is 1. The van der Waals surface area contributed by atoms with Crippen molar-refractivity contribution in [1.29, 1.82) is 0 Å². The van der Waals surface area contributed by atoms with Gasteiger partial charge in [0, 0.05) is 25.6 Å². The highest BCUT2D eigenvalue weighted by Crippen LogP contribution is 2.30. The van der Waals surface area contributed by atoms with Gasteiger partial charge in [-0.05, 0) is 70.3 Å². The fourth-order valence-electron chi connectivity index (χ4n) is 6.45. The van der Waals surface area contributed by atoms with Gasteiger partial charge in [0.25, 0.3) is 0 Å². The number of ether oxygens (including phenoxy) is 3. The molecule has 0 unspecified atom stereocenters. The molecule has 0 saturated carbocycles. The lowest BCUT2D eigenvalue weighted by atomic mass is 9.95. The van der Waals surface area contributed by atoms with Crippen LogP contribution in [0.2, 0.25) is 0 Å². The van der Waals surface area contributed by atoms with Crippen molar-refractivity contribution >= 4 is 29.0 Å². The number of amides is 1. The molecule has 0 bridgehead atoms. The van der Waals surface area contributed by atoms with Gasteiger partial charge in [-0.25, -0.2) is 14.4 Å². The number of aromatic nitrogens is 7. The van der Waals surface area contributed by atoms with E-state index in [1.807, 2.05) is 39.0 Å². The van der Waals surface area contributed by atoms with Gasteiger partial charge in [-0.15, -0.1) is 10.2 Å². The minimum atomic E-state index is -0.553. The lowest BCUT2D eigenvalue weighted by Gasteiger charge is -2.33. The lowest BCUT2D eigenvalue weighted by molar-refractivity contribution is 0.0193. The molecule has 1 aromatic carbocycles. The number of nitrogen functional groups attached to an aromatic ring is 1. The Balaban J connectivity index is 1.12. The van der Waals surface area contributed by atoms with E-state index in [0.29, 0.717) is 55.1 Å². The van der Waals surface area contributed by atoms with E-state index < -0.39 is 17.3 Å². The van der Waals surface area contributed by atoms with Crippen molar-refractivity contribution in [1.82, 2.24) is 44.1 Å². The van der Waals surface area contributed by atoms with E-state index in [1.54, 1.807) is 4.90 Å². The fraction of sp³-hybridized carbons (Fsp3) is 0.559. The van der Waals surface area contributed by atoms with Crippen LogP contribution < -0.4 is 16.2 Å². The summed E-state index contributed by atoms with van der Waals surface area (Å²) >= 11 is 0. The number of methoxy groups -OCH3 is 1. The van der Waals surface area contributed by atoms with Crippen LogP contribution in [0.4, 0.5) is 10.6 Å². The number of benzene rings is 1. The van der Waals surface area contributed by atoms with Gasteiger partial charge in [-0.2, -0.15) is 9.97 Å². The summed E-state index contributed by atoms with van der Waals surface area (Å²) < 4.78 is 19.9. The van der Waals surface area contributed by atoms with E-state index in [4.69, 9.17) is 19.9 Å². The summed E-state index contributed by atoms with van der Waals surface area (Å²) in [6.07, 6.45) is 3.26. The molecule has 3 N–H and O–H groups in total. The first-order chi connectivity index (χ1) is 23.9. The van der Waals surface area contributed by atoms with Crippen LogP contribution in [0.5, 0.6) is 6.01 Å². The molecule has 2 aliphatic rings. The molecule has 2 aliphatic heterocycles. The molecule has 1 saturated heterocycles. The number of rotatable bonds is 10. The zero-order chi connectivity index (χ0) is 35.6. The molecule has 1 amide bonds. The van der Waals surface area contributed by atoms with Gasteiger partial charge >= 0.3 is 23.8 Å². The van der Waals surface area contributed by atoms with Gasteiger partial charge in [0.15, 0.2) is 17.3 Å². The van der Waals surface area contributed by atoms with E-state index in [9.17, 15) is 14.4 Å². The van der Waals surface area contributed by atoms with Crippen LogP contribution in [-0.4, -0.2) is 95.1 Å². The van der Waals surface area contributed by atoms with Gasteiger partial charge in [-0.3, -0.25) is 14.4 Å². The number of piperidine rings is 1. The minimum absolute atomic E-state index is 0.0675. The van der Waals surface area contributed by atoms with Crippen LogP contribution in [0, 0.1) is 0 Å². The van der Waals surface area contributed by atoms with E-state index in [-0.39, 0.29) is 30.4 Å². The maximum Gasteiger partial charge on any atom is 0.410 e. The molecule has 16 nitrogen and oxygen atoms in total. The predicted octanol–water partition coefficient (Wildman–Crippen LogP) is 3.44. The molecule has 5 heterocycles. The Labute approximate surface area is 289 Å². The first-order valence-electron chi connectivity index (χ1n) is 17.1. The Kier molecular flexibility index (Phi) is 10.1. The molecule has 0 spiro atoms. The fourth-order valence-corrected chi connectivity index (χ4v) is 6.45. The summed E-state index contributed by atoms with van der Waals surface area (Å²) in [5, 5.41) is 8.97. The molecule has 0 radical (unpaired) electrons. The smallest absolute Gasteiger partial charge is 0.410 e. The van der Waals surface area contributed by atoms with Gasteiger partial charge in [0.05, 0.1) is 32.4 Å². The van der Waals surface area contributed by atoms with Crippen LogP contribution in [0.15, 0.2) is 23.0 Å². The molecule has 16 heteroatoms. The second-order valence-corrected chi connectivity index (χ2v) is 13.9. The molecular weight excluding hydrogens is 644 g/mol. The standard InChI is InChI=1S/C34H46N10O6/c1-6-7-16-49-31-37-27(35)26-29(38-31)44(32(46)36-26)19-23-9-8-21(17-24(23)30(45)48-5)18-41-12-10-22(11-13-41)28-40-39-25-20-42(14-15-43(25)28)33(47)50-34(2,3)4/h8-9,17,22H,6-7,10-16,18-20H2,1-5H3,(H,36,46)(H2,35,37,38). The van der Waals surface area contributed by atoms with Gasteiger partial charge in [0.1, 0.15) is 16.9 Å². The monoisotopic (exact) mass is 690 g/mol. The molecule has 50 heavy (non-hydrogen) atoms. The van der Waals surface area contributed by atoms with Crippen LogP contribution in [0.1, 0.15) is 92.4 Å². The number of hydrogen-bond donors (Lipinski definition) is 2. The van der Waals surface area contributed by atoms with E-state index in [0.717, 1.165) is 56.0 Å².